The number of rotatable bonds is 5. The summed E-state index contributed by atoms with van der Waals surface area (Å²) in [6.45, 7) is 6.06. The zero-order chi connectivity index (χ0) is 15.1. The highest BCUT2D eigenvalue weighted by Gasteiger charge is 2.10. The largest absolute Gasteiger partial charge is 0.482 e. The minimum atomic E-state index is -0.525. The molecule has 0 radical (unpaired) electrons. The minimum absolute atomic E-state index is 0.266. The first-order chi connectivity index (χ1) is 9.38. The summed E-state index contributed by atoms with van der Waals surface area (Å²) in [5, 5.41) is 5.19. The van der Waals surface area contributed by atoms with Crippen LogP contribution >= 0.6 is 11.6 Å². The van der Waals surface area contributed by atoms with Crippen molar-refractivity contribution in [1.82, 2.24) is 10.6 Å². The SMILES string of the molecule is Cc1ccc(Cl)c(OCC(=O)NC(=O)NCC(C)C)c1. The fourth-order valence-electron chi connectivity index (χ4n) is 1.37. The Morgan fingerprint density at radius 2 is 2.05 bits per heavy atom. The number of amides is 3. The number of benzene rings is 1. The molecule has 0 aliphatic heterocycles. The maximum absolute atomic E-state index is 11.5. The third kappa shape index (κ3) is 5.93. The molecule has 0 aromatic heterocycles. The topological polar surface area (TPSA) is 67.4 Å². The van der Waals surface area contributed by atoms with Crippen LogP contribution in [0.25, 0.3) is 0 Å². The van der Waals surface area contributed by atoms with Crippen LogP contribution in [0.2, 0.25) is 5.02 Å². The van der Waals surface area contributed by atoms with Gasteiger partial charge in [-0.05, 0) is 30.5 Å². The average Bonchev–Trinajstić information content (AvgIpc) is 2.37. The number of hydrogen-bond donors (Lipinski definition) is 2. The van der Waals surface area contributed by atoms with Crippen molar-refractivity contribution < 1.29 is 14.3 Å². The second-order valence-electron chi connectivity index (χ2n) is 4.87. The number of hydrogen-bond acceptors (Lipinski definition) is 3. The molecular formula is C14H19ClN2O3. The van der Waals surface area contributed by atoms with Crippen LogP contribution in [0.1, 0.15) is 19.4 Å². The Bertz CT molecular complexity index is 489. The van der Waals surface area contributed by atoms with Crippen molar-refractivity contribution >= 4 is 23.5 Å². The van der Waals surface area contributed by atoms with Gasteiger partial charge in [-0.15, -0.1) is 0 Å². The molecule has 6 heteroatoms. The Kier molecular flexibility index (Phi) is 6.31. The molecule has 0 aliphatic rings. The van der Waals surface area contributed by atoms with Gasteiger partial charge in [0.15, 0.2) is 6.61 Å². The maximum atomic E-state index is 11.5. The number of aryl methyl sites for hydroxylation is 1. The average molecular weight is 299 g/mol. The second kappa shape index (κ2) is 7.75. The van der Waals surface area contributed by atoms with Gasteiger partial charge in [-0.3, -0.25) is 10.1 Å². The lowest BCUT2D eigenvalue weighted by molar-refractivity contribution is -0.122. The van der Waals surface area contributed by atoms with E-state index in [2.05, 4.69) is 10.6 Å². The molecule has 3 amide bonds. The fraction of sp³-hybridized carbons (Fsp3) is 0.429. The Hall–Kier alpha value is -1.75. The Labute approximate surface area is 123 Å². The van der Waals surface area contributed by atoms with E-state index in [1.165, 1.54) is 0 Å². The van der Waals surface area contributed by atoms with Gasteiger partial charge in [0.2, 0.25) is 0 Å². The molecule has 0 atom stereocenters. The molecule has 1 aromatic rings. The van der Waals surface area contributed by atoms with Crippen LogP contribution in [-0.4, -0.2) is 25.1 Å². The van der Waals surface area contributed by atoms with Crippen molar-refractivity contribution in [3.05, 3.63) is 28.8 Å². The van der Waals surface area contributed by atoms with Gasteiger partial charge < -0.3 is 10.1 Å². The summed E-state index contributed by atoms with van der Waals surface area (Å²) >= 11 is 5.93. The molecule has 0 saturated heterocycles. The van der Waals surface area contributed by atoms with Crippen LogP contribution in [0, 0.1) is 12.8 Å². The number of carbonyl (C=O) groups is 2. The molecule has 1 rings (SSSR count). The molecule has 0 heterocycles. The minimum Gasteiger partial charge on any atom is -0.482 e. The van der Waals surface area contributed by atoms with E-state index in [9.17, 15) is 9.59 Å². The van der Waals surface area contributed by atoms with Crippen molar-refractivity contribution in [2.24, 2.45) is 5.92 Å². The Balaban J connectivity index is 2.39. The summed E-state index contributed by atoms with van der Waals surface area (Å²) in [4.78, 5) is 22.9. The van der Waals surface area contributed by atoms with Gasteiger partial charge in [0.25, 0.3) is 5.91 Å². The lowest BCUT2D eigenvalue weighted by atomic mass is 10.2. The van der Waals surface area contributed by atoms with Gasteiger partial charge in [-0.2, -0.15) is 0 Å². The Morgan fingerprint density at radius 3 is 2.70 bits per heavy atom. The number of nitrogens with one attached hydrogen (secondary N) is 2. The third-order valence-electron chi connectivity index (χ3n) is 2.37. The lowest BCUT2D eigenvalue weighted by Crippen LogP contribution is -2.42. The molecule has 5 nitrogen and oxygen atoms in total. The number of carbonyl (C=O) groups excluding carboxylic acids is 2. The fourth-order valence-corrected chi connectivity index (χ4v) is 1.54. The normalized spacial score (nSPS) is 10.2. The van der Waals surface area contributed by atoms with Crippen molar-refractivity contribution in [3.8, 4) is 5.75 Å². The van der Waals surface area contributed by atoms with Gasteiger partial charge in [0, 0.05) is 6.54 Å². The molecule has 1 aromatic carbocycles. The highest BCUT2D eigenvalue weighted by molar-refractivity contribution is 6.32. The van der Waals surface area contributed by atoms with E-state index in [1.54, 1.807) is 12.1 Å². The summed E-state index contributed by atoms with van der Waals surface area (Å²) in [5.74, 6) is 0.214. The molecule has 0 aliphatic carbocycles. The molecule has 20 heavy (non-hydrogen) atoms. The highest BCUT2D eigenvalue weighted by atomic mass is 35.5. The molecule has 0 spiro atoms. The van der Waals surface area contributed by atoms with E-state index in [-0.39, 0.29) is 6.61 Å². The standard InChI is InChI=1S/C14H19ClN2O3/c1-9(2)7-16-14(19)17-13(18)8-20-12-6-10(3)4-5-11(12)15/h4-6,9H,7-8H2,1-3H3,(H2,16,17,18,19). The number of urea groups is 1. The van der Waals surface area contributed by atoms with E-state index < -0.39 is 11.9 Å². The van der Waals surface area contributed by atoms with Crippen molar-refractivity contribution in [1.29, 1.82) is 0 Å². The zero-order valence-corrected chi connectivity index (χ0v) is 12.6. The first-order valence-corrected chi connectivity index (χ1v) is 6.73. The molecule has 2 N–H and O–H groups in total. The van der Waals surface area contributed by atoms with Crippen LogP contribution in [-0.2, 0) is 4.79 Å². The van der Waals surface area contributed by atoms with Crippen LogP contribution in [0.4, 0.5) is 4.79 Å². The zero-order valence-electron chi connectivity index (χ0n) is 11.8. The van der Waals surface area contributed by atoms with E-state index in [0.29, 0.717) is 23.2 Å². The first-order valence-electron chi connectivity index (χ1n) is 6.35. The van der Waals surface area contributed by atoms with Crippen LogP contribution in [0.5, 0.6) is 5.75 Å². The first kappa shape index (κ1) is 16.3. The van der Waals surface area contributed by atoms with Crippen molar-refractivity contribution in [3.63, 3.8) is 0 Å². The molecule has 0 unspecified atom stereocenters. The molecule has 0 fully saturated rings. The molecular weight excluding hydrogens is 280 g/mol. The van der Waals surface area contributed by atoms with Crippen molar-refractivity contribution in [2.45, 2.75) is 20.8 Å². The molecule has 110 valence electrons. The number of halogens is 1. The number of ether oxygens (including phenoxy) is 1. The predicted molar refractivity (Wildman–Crippen MR) is 78.1 cm³/mol. The van der Waals surface area contributed by atoms with E-state index in [0.717, 1.165) is 5.56 Å². The number of imide groups is 1. The van der Waals surface area contributed by atoms with E-state index >= 15 is 0 Å². The summed E-state index contributed by atoms with van der Waals surface area (Å²) in [5.41, 5.74) is 0.972. The quantitative estimate of drug-likeness (QED) is 0.877. The Morgan fingerprint density at radius 1 is 1.35 bits per heavy atom. The predicted octanol–water partition coefficient (Wildman–Crippen LogP) is 2.51. The van der Waals surface area contributed by atoms with E-state index in [1.807, 2.05) is 26.8 Å². The molecule has 0 saturated carbocycles. The smallest absolute Gasteiger partial charge is 0.321 e. The summed E-state index contributed by atoms with van der Waals surface area (Å²) in [7, 11) is 0. The van der Waals surface area contributed by atoms with Gasteiger partial charge in [0.05, 0.1) is 5.02 Å². The third-order valence-corrected chi connectivity index (χ3v) is 2.68. The van der Waals surface area contributed by atoms with Crippen LogP contribution in [0.3, 0.4) is 0 Å². The van der Waals surface area contributed by atoms with E-state index in [4.69, 9.17) is 16.3 Å². The van der Waals surface area contributed by atoms with Gasteiger partial charge in [0.1, 0.15) is 5.75 Å². The highest BCUT2D eigenvalue weighted by Crippen LogP contribution is 2.24. The van der Waals surface area contributed by atoms with Gasteiger partial charge in [-0.1, -0.05) is 31.5 Å². The summed E-state index contributed by atoms with van der Waals surface area (Å²) in [6, 6.07) is 4.74. The van der Waals surface area contributed by atoms with Crippen LogP contribution < -0.4 is 15.4 Å². The summed E-state index contributed by atoms with van der Waals surface area (Å²) in [6.07, 6.45) is 0. The van der Waals surface area contributed by atoms with Gasteiger partial charge in [-0.25, -0.2) is 4.79 Å². The monoisotopic (exact) mass is 298 g/mol. The second-order valence-corrected chi connectivity index (χ2v) is 5.28. The summed E-state index contributed by atoms with van der Waals surface area (Å²) < 4.78 is 5.28. The lowest BCUT2D eigenvalue weighted by Gasteiger charge is -2.10. The van der Waals surface area contributed by atoms with Crippen molar-refractivity contribution in [2.75, 3.05) is 13.2 Å². The van der Waals surface area contributed by atoms with Gasteiger partial charge >= 0.3 is 6.03 Å². The molecule has 0 bridgehead atoms. The van der Waals surface area contributed by atoms with Crippen LogP contribution in [0.15, 0.2) is 18.2 Å². The maximum Gasteiger partial charge on any atom is 0.321 e.